The van der Waals surface area contributed by atoms with Crippen LogP contribution in [0.2, 0.25) is 0 Å². The van der Waals surface area contributed by atoms with Gasteiger partial charge in [0.2, 0.25) is 11.5 Å². The molecule has 0 spiro atoms. The summed E-state index contributed by atoms with van der Waals surface area (Å²) >= 11 is 0. The average molecular weight is 600 g/mol. The third kappa shape index (κ3) is 6.99. The molecule has 1 aliphatic carbocycles. The molecule has 3 N–H and O–H groups in total. The lowest BCUT2D eigenvalue weighted by Gasteiger charge is -2.31. The van der Waals surface area contributed by atoms with Crippen LogP contribution < -0.4 is 10.9 Å². The molecule has 1 saturated carbocycles. The number of benzene rings is 2. The zero-order valence-corrected chi connectivity index (χ0v) is 24.7. The minimum absolute atomic E-state index is 0.0161. The first kappa shape index (κ1) is 30.1. The summed E-state index contributed by atoms with van der Waals surface area (Å²) in [6.07, 6.45) is 3.69. The number of hydrogen-bond donors (Lipinski definition) is 3. The average Bonchev–Trinajstić information content (AvgIpc) is 3.30. The molecule has 10 nitrogen and oxygen atoms in total. The van der Waals surface area contributed by atoms with Gasteiger partial charge in [0.05, 0.1) is 16.3 Å². The largest absolute Gasteiger partial charge is 0.354 e. The molecule has 0 radical (unpaired) electrons. The number of fused-ring (bicyclic) bond motifs is 1. The number of aromatic amines is 1. The van der Waals surface area contributed by atoms with Crippen LogP contribution in [0.4, 0.5) is 4.39 Å². The van der Waals surface area contributed by atoms with Crippen LogP contribution in [0.1, 0.15) is 74.3 Å². The van der Waals surface area contributed by atoms with Crippen molar-refractivity contribution in [1.29, 1.82) is 0 Å². The Hall–Kier alpha value is -3.35. The van der Waals surface area contributed by atoms with Crippen molar-refractivity contribution >= 4 is 33.0 Å². The van der Waals surface area contributed by atoms with Gasteiger partial charge in [0.15, 0.2) is 0 Å². The minimum atomic E-state index is -4.03. The van der Waals surface area contributed by atoms with Crippen molar-refractivity contribution in [3.8, 4) is 0 Å². The van der Waals surface area contributed by atoms with Crippen molar-refractivity contribution in [3.63, 3.8) is 0 Å². The zero-order chi connectivity index (χ0) is 30.0. The standard InChI is InChI=1S/C30H38FN5O5S/c1-19(2)32-28(37)22-6-10-24(11-7-22)36-27-17-20(18-35-15-13-25(14-16-35)42(39,40)41)3-12-26(27)33-30(36)34-29(38)21-4-8-23(31)9-5-21/h3-5,8-9,12,17,19,22,24-25H,6-7,10-11,13-16,18H2,1-2H3,(H,32,37)(H,33,34,38)(H,39,40,41)/t22-,24+. The maximum atomic E-state index is 13.4. The first-order chi connectivity index (χ1) is 20.0. The maximum Gasteiger partial charge on any atom is 0.280 e. The highest BCUT2D eigenvalue weighted by Gasteiger charge is 2.30. The number of halogens is 1. The summed E-state index contributed by atoms with van der Waals surface area (Å²) in [7, 11) is -4.03. The number of imidazole rings is 1. The molecule has 5 rings (SSSR count). The Kier molecular flexibility index (Phi) is 8.95. The lowest BCUT2D eigenvalue weighted by molar-refractivity contribution is -0.126. The van der Waals surface area contributed by atoms with E-state index in [0.29, 0.717) is 38.1 Å². The lowest BCUT2D eigenvalue weighted by Crippen LogP contribution is -2.38. The second kappa shape index (κ2) is 12.5. The molecule has 2 fully saturated rings. The van der Waals surface area contributed by atoms with Crippen LogP contribution in [0.5, 0.6) is 0 Å². The summed E-state index contributed by atoms with van der Waals surface area (Å²) < 4.78 is 48.0. The molecule has 1 aromatic heterocycles. The summed E-state index contributed by atoms with van der Waals surface area (Å²) in [5.74, 6) is -0.900. The monoisotopic (exact) mass is 599 g/mol. The van der Waals surface area contributed by atoms with Gasteiger partial charge in [-0.05, 0) is 107 Å². The Bertz CT molecular complexity index is 1610. The molecule has 0 atom stereocenters. The van der Waals surface area contributed by atoms with Crippen molar-refractivity contribution in [2.45, 2.75) is 76.3 Å². The molecule has 2 heterocycles. The van der Waals surface area contributed by atoms with Gasteiger partial charge in [0, 0.05) is 30.1 Å². The van der Waals surface area contributed by atoms with E-state index in [9.17, 15) is 27.0 Å². The van der Waals surface area contributed by atoms with Gasteiger partial charge in [0.1, 0.15) is 5.82 Å². The number of nitrogens with zero attached hydrogens (tertiary/aromatic N) is 3. The van der Waals surface area contributed by atoms with Gasteiger partial charge in [-0.3, -0.25) is 19.0 Å². The van der Waals surface area contributed by atoms with Crippen molar-refractivity contribution in [3.05, 3.63) is 65.0 Å². The van der Waals surface area contributed by atoms with Gasteiger partial charge in [-0.15, -0.1) is 0 Å². The van der Waals surface area contributed by atoms with Crippen LogP contribution in [0, 0.1) is 11.7 Å². The second-order valence-electron chi connectivity index (χ2n) is 11.8. The van der Waals surface area contributed by atoms with E-state index >= 15 is 0 Å². The molecule has 42 heavy (non-hydrogen) atoms. The Morgan fingerprint density at radius 2 is 1.71 bits per heavy atom. The highest BCUT2D eigenvalue weighted by atomic mass is 32.2. The van der Waals surface area contributed by atoms with Crippen molar-refractivity contribution < 1.29 is 27.0 Å². The van der Waals surface area contributed by atoms with E-state index < -0.39 is 27.1 Å². The first-order valence-corrected chi connectivity index (χ1v) is 16.0. The van der Waals surface area contributed by atoms with Crippen LogP contribution in [-0.4, -0.2) is 63.6 Å². The van der Waals surface area contributed by atoms with E-state index in [1.54, 1.807) is 0 Å². The molecule has 0 unspecified atom stereocenters. The number of H-pyrrole nitrogens is 1. The van der Waals surface area contributed by atoms with Gasteiger partial charge in [-0.25, -0.2) is 4.39 Å². The van der Waals surface area contributed by atoms with E-state index in [1.807, 2.05) is 26.0 Å². The number of nitrogens with one attached hydrogen (secondary N) is 2. The SMILES string of the molecule is CC(C)NC(=O)[C@H]1CC[C@@H](n2/c(=N/C(=O)c3ccc(F)cc3)[nH]c3ccc(CN4CCC(S(=O)(=O)O)CC4)cc32)CC1. The summed E-state index contributed by atoms with van der Waals surface area (Å²) in [6, 6.07) is 11.4. The Balaban J connectivity index is 1.44. The fourth-order valence-electron chi connectivity index (χ4n) is 6.10. The highest BCUT2D eigenvalue weighted by Crippen LogP contribution is 2.34. The van der Waals surface area contributed by atoms with Crippen molar-refractivity contribution in [1.82, 2.24) is 19.8 Å². The summed E-state index contributed by atoms with van der Waals surface area (Å²) in [5, 5.41) is 2.30. The maximum absolute atomic E-state index is 13.4. The van der Waals surface area contributed by atoms with Crippen molar-refractivity contribution in [2.24, 2.45) is 10.9 Å². The number of aromatic nitrogens is 2. The number of likely N-dealkylation sites (tertiary alicyclic amines) is 1. The molecule has 2 amide bonds. The highest BCUT2D eigenvalue weighted by molar-refractivity contribution is 7.86. The smallest absolute Gasteiger partial charge is 0.280 e. The third-order valence-electron chi connectivity index (χ3n) is 8.32. The number of rotatable bonds is 7. The summed E-state index contributed by atoms with van der Waals surface area (Å²) in [5.41, 5.74) is 3.42. The van der Waals surface area contributed by atoms with Gasteiger partial charge in [0.25, 0.3) is 16.0 Å². The van der Waals surface area contributed by atoms with Gasteiger partial charge < -0.3 is 14.9 Å². The molecular formula is C30H38FN5O5S. The molecular weight excluding hydrogens is 561 g/mol. The number of piperidine rings is 1. The Morgan fingerprint density at radius 3 is 2.33 bits per heavy atom. The van der Waals surface area contributed by atoms with Gasteiger partial charge >= 0.3 is 0 Å². The molecule has 226 valence electrons. The predicted octanol–water partition coefficient (Wildman–Crippen LogP) is 3.96. The second-order valence-corrected chi connectivity index (χ2v) is 13.4. The van der Waals surface area contributed by atoms with Gasteiger partial charge in [-0.1, -0.05) is 6.07 Å². The fraction of sp³-hybridized carbons (Fsp3) is 0.500. The Morgan fingerprint density at radius 1 is 1.05 bits per heavy atom. The quantitative estimate of drug-likeness (QED) is 0.352. The van der Waals surface area contributed by atoms with Crippen molar-refractivity contribution in [2.75, 3.05) is 13.1 Å². The van der Waals surface area contributed by atoms with Crippen LogP contribution in [0.3, 0.4) is 0 Å². The summed E-state index contributed by atoms with van der Waals surface area (Å²) in [6.45, 7) is 5.63. The molecule has 1 aliphatic heterocycles. The third-order valence-corrected chi connectivity index (χ3v) is 9.63. The van der Waals surface area contributed by atoms with E-state index in [-0.39, 0.29) is 29.5 Å². The van der Waals surface area contributed by atoms with E-state index in [0.717, 1.165) is 42.3 Å². The van der Waals surface area contributed by atoms with Crippen LogP contribution in [0.25, 0.3) is 11.0 Å². The molecule has 1 saturated heterocycles. The molecule has 0 bridgehead atoms. The van der Waals surface area contributed by atoms with E-state index in [1.165, 1.54) is 24.3 Å². The number of carbonyl (C=O) groups excluding carboxylic acids is 2. The first-order valence-electron chi connectivity index (χ1n) is 14.5. The van der Waals surface area contributed by atoms with Crippen LogP contribution in [-0.2, 0) is 21.5 Å². The van der Waals surface area contributed by atoms with E-state index in [4.69, 9.17) is 0 Å². The fourth-order valence-corrected chi connectivity index (χ4v) is 6.91. The molecule has 2 aliphatic rings. The number of hydrogen-bond acceptors (Lipinski definition) is 5. The van der Waals surface area contributed by atoms with Gasteiger partial charge in [-0.2, -0.15) is 13.4 Å². The topological polar surface area (TPSA) is 137 Å². The molecule has 12 heteroatoms. The predicted molar refractivity (Wildman–Crippen MR) is 157 cm³/mol. The normalized spacial score (nSPS) is 21.2. The van der Waals surface area contributed by atoms with Crippen LogP contribution in [0.15, 0.2) is 47.5 Å². The summed E-state index contributed by atoms with van der Waals surface area (Å²) in [4.78, 5) is 35.6. The molecule has 3 aromatic rings. The Labute approximate surface area is 244 Å². The number of amides is 2. The number of carbonyl (C=O) groups is 2. The lowest BCUT2D eigenvalue weighted by atomic mass is 9.85. The minimum Gasteiger partial charge on any atom is -0.354 e. The zero-order valence-electron chi connectivity index (χ0n) is 23.9. The van der Waals surface area contributed by atoms with E-state index in [2.05, 4.69) is 30.8 Å². The van der Waals surface area contributed by atoms with Crippen LogP contribution >= 0.6 is 0 Å². The molecule has 2 aromatic carbocycles.